The Kier molecular flexibility index (Phi) is 5.04. The molecule has 1 N–H and O–H groups in total. The molecule has 0 bridgehead atoms. The molecule has 1 aromatic carbocycles. The number of benzene rings is 1. The minimum absolute atomic E-state index is 0.232. The first-order chi connectivity index (χ1) is 9.13. The summed E-state index contributed by atoms with van der Waals surface area (Å²) in [6.07, 6.45) is 0. The predicted molar refractivity (Wildman–Crippen MR) is 66.5 cm³/mol. The molecule has 0 amide bonds. The number of rotatable bonds is 4. The van der Waals surface area contributed by atoms with Crippen LogP contribution in [0, 0.1) is 11.3 Å². The highest BCUT2D eigenvalue weighted by atomic mass is 16.5. The van der Waals surface area contributed by atoms with Crippen LogP contribution in [0.3, 0.4) is 0 Å². The number of ether oxygens (including phenoxy) is 2. The molecular weight excluding hydrogens is 250 g/mol. The minimum Gasteiger partial charge on any atom is -0.465 e. The van der Waals surface area contributed by atoms with Gasteiger partial charge in [-0.2, -0.15) is 10.4 Å². The molecule has 7 heteroatoms. The fourth-order valence-corrected chi connectivity index (χ4v) is 1.20. The number of carbonyl (C=O) groups is 2. The molecule has 1 rings (SSSR count). The lowest BCUT2D eigenvalue weighted by Crippen LogP contribution is -2.16. The number of nitrogens with one attached hydrogen (secondary N) is 1. The lowest BCUT2D eigenvalue weighted by Gasteiger charge is -2.06. The summed E-state index contributed by atoms with van der Waals surface area (Å²) in [5.74, 6) is -1.43. The van der Waals surface area contributed by atoms with Crippen molar-refractivity contribution in [3.8, 4) is 6.07 Å². The van der Waals surface area contributed by atoms with Gasteiger partial charge in [0.15, 0.2) is 0 Å². The Morgan fingerprint density at radius 3 is 2.53 bits per heavy atom. The van der Waals surface area contributed by atoms with Crippen LogP contribution in [0.25, 0.3) is 0 Å². The summed E-state index contributed by atoms with van der Waals surface area (Å²) in [7, 11) is 2.38. The molecule has 0 aliphatic carbocycles. The van der Waals surface area contributed by atoms with Crippen molar-refractivity contribution in [3.05, 3.63) is 29.8 Å². The van der Waals surface area contributed by atoms with Crippen LogP contribution in [0.5, 0.6) is 0 Å². The van der Waals surface area contributed by atoms with Crippen molar-refractivity contribution in [1.82, 2.24) is 0 Å². The quantitative estimate of drug-likeness (QED) is 0.491. The zero-order valence-electron chi connectivity index (χ0n) is 10.3. The third-order valence-corrected chi connectivity index (χ3v) is 2.11. The molecule has 0 radical (unpaired) electrons. The first-order valence-electron chi connectivity index (χ1n) is 5.13. The van der Waals surface area contributed by atoms with E-state index in [-0.39, 0.29) is 5.56 Å². The van der Waals surface area contributed by atoms with Crippen molar-refractivity contribution in [2.45, 2.75) is 0 Å². The maximum atomic E-state index is 11.5. The summed E-state index contributed by atoms with van der Waals surface area (Å²) in [5.41, 5.74) is 2.55. The van der Waals surface area contributed by atoms with Gasteiger partial charge in [0.25, 0.3) is 0 Å². The normalized spacial score (nSPS) is 10.3. The summed E-state index contributed by atoms with van der Waals surface area (Å²) in [6, 6.07) is 7.97. The van der Waals surface area contributed by atoms with Gasteiger partial charge in [-0.25, -0.2) is 9.59 Å². The monoisotopic (exact) mass is 261 g/mol. The van der Waals surface area contributed by atoms with Crippen molar-refractivity contribution in [1.29, 1.82) is 5.26 Å². The number of hydrazone groups is 1. The summed E-state index contributed by atoms with van der Waals surface area (Å²) >= 11 is 0. The Hall–Kier alpha value is -2.88. The highest BCUT2D eigenvalue weighted by Gasteiger charge is 2.13. The highest BCUT2D eigenvalue weighted by Crippen LogP contribution is 2.15. The second-order valence-electron chi connectivity index (χ2n) is 3.21. The number of methoxy groups -OCH3 is 2. The SMILES string of the molecule is COC(=O)/C(C#N)=N\Nc1ccccc1C(=O)OC. The van der Waals surface area contributed by atoms with E-state index in [2.05, 4.69) is 20.0 Å². The molecule has 0 heterocycles. The molecule has 0 aromatic heterocycles. The van der Waals surface area contributed by atoms with E-state index in [0.29, 0.717) is 5.69 Å². The number of hydrogen-bond acceptors (Lipinski definition) is 7. The fourth-order valence-electron chi connectivity index (χ4n) is 1.20. The average molecular weight is 261 g/mol. The van der Waals surface area contributed by atoms with Gasteiger partial charge in [0.05, 0.1) is 25.5 Å². The van der Waals surface area contributed by atoms with Crippen LogP contribution in [0.15, 0.2) is 29.4 Å². The minimum atomic E-state index is -0.870. The number of hydrogen-bond donors (Lipinski definition) is 1. The summed E-state index contributed by atoms with van der Waals surface area (Å²) < 4.78 is 8.96. The lowest BCUT2D eigenvalue weighted by molar-refractivity contribution is -0.132. The Balaban J connectivity index is 3.01. The molecule has 1 aromatic rings. The van der Waals surface area contributed by atoms with Crippen LogP contribution in [-0.4, -0.2) is 31.9 Å². The predicted octanol–water partition coefficient (Wildman–Crippen LogP) is 0.938. The van der Waals surface area contributed by atoms with E-state index < -0.39 is 17.7 Å². The maximum Gasteiger partial charge on any atom is 0.369 e. The molecule has 0 atom stereocenters. The first kappa shape index (κ1) is 14.2. The van der Waals surface area contributed by atoms with Crippen LogP contribution in [-0.2, 0) is 14.3 Å². The van der Waals surface area contributed by atoms with E-state index in [4.69, 9.17) is 5.26 Å². The van der Waals surface area contributed by atoms with Gasteiger partial charge in [-0.1, -0.05) is 12.1 Å². The van der Waals surface area contributed by atoms with Gasteiger partial charge in [0.1, 0.15) is 6.07 Å². The van der Waals surface area contributed by atoms with Crippen molar-refractivity contribution in [2.75, 3.05) is 19.6 Å². The zero-order valence-corrected chi connectivity index (χ0v) is 10.3. The Morgan fingerprint density at radius 2 is 1.95 bits per heavy atom. The molecular formula is C12H11N3O4. The number of anilines is 1. The molecule has 98 valence electrons. The Labute approximate surface area is 109 Å². The Morgan fingerprint density at radius 1 is 1.26 bits per heavy atom. The van der Waals surface area contributed by atoms with Gasteiger partial charge >= 0.3 is 11.9 Å². The summed E-state index contributed by atoms with van der Waals surface area (Å²) in [4.78, 5) is 22.6. The zero-order chi connectivity index (χ0) is 14.3. The molecule has 19 heavy (non-hydrogen) atoms. The van der Waals surface area contributed by atoms with E-state index in [9.17, 15) is 9.59 Å². The van der Waals surface area contributed by atoms with Crippen LogP contribution in [0.4, 0.5) is 5.69 Å². The van der Waals surface area contributed by atoms with Gasteiger partial charge in [-0.15, -0.1) is 0 Å². The van der Waals surface area contributed by atoms with Crippen molar-refractivity contribution >= 4 is 23.3 Å². The molecule has 0 unspecified atom stereocenters. The maximum absolute atomic E-state index is 11.5. The van der Waals surface area contributed by atoms with Crippen molar-refractivity contribution in [3.63, 3.8) is 0 Å². The molecule has 0 fully saturated rings. The van der Waals surface area contributed by atoms with Crippen molar-refractivity contribution < 1.29 is 19.1 Å². The van der Waals surface area contributed by atoms with Crippen LogP contribution in [0.2, 0.25) is 0 Å². The molecule has 0 aliphatic heterocycles. The third-order valence-electron chi connectivity index (χ3n) is 2.11. The average Bonchev–Trinajstić information content (AvgIpc) is 2.47. The molecule has 0 saturated carbocycles. The van der Waals surface area contributed by atoms with E-state index in [1.54, 1.807) is 24.3 Å². The second kappa shape index (κ2) is 6.76. The number of nitriles is 1. The highest BCUT2D eigenvalue weighted by molar-refractivity contribution is 6.43. The van der Waals surface area contributed by atoms with Gasteiger partial charge in [0, 0.05) is 0 Å². The van der Waals surface area contributed by atoms with Crippen LogP contribution in [0.1, 0.15) is 10.4 Å². The van der Waals surface area contributed by atoms with Gasteiger partial charge in [0.2, 0.25) is 5.71 Å². The lowest BCUT2D eigenvalue weighted by atomic mass is 10.2. The fraction of sp³-hybridized carbons (Fsp3) is 0.167. The van der Waals surface area contributed by atoms with Gasteiger partial charge < -0.3 is 9.47 Å². The summed E-state index contributed by atoms with van der Waals surface area (Å²) in [5, 5.41) is 12.3. The smallest absolute Gasteiger partial charge is 0.369 e. The first-order valence-corrected chi connectivity index (χ1v) is 5.13. The van der Waals surface area contributed by atoms with E-state index in [1.807, 2.05) is 0 Å². The van der Waals surface area contributed by atoms with E-state index in [1.165, 1.54) is 13.2 Å². The Bertz CT molecular complexity index is 560. The topological polar surface area (TPSA) is 101 Å². The number of nitrogens with zero attached hydrogens (tertiary/aromatic N) is 2. The summed E-state index contributed by atoms with van der Waals surface area (Å²) in [6.45, 7) is 0. The number of carbonyl (C=O) groups excluding carboxylic acids is 2. The van der Waals surface area contributed by atoms with Crippen molar-refractivity contribution in [2.24, 2.45) is 5.10 Å². The van der Waals surface area contributed by atoms with Gasteiger partial charge in [-0.3, -0.25) is 5.43 Å². The molecule has 7 nitrogen and oxygen atoms in total. The molecule has 0 aliphatic rings. The van der Waals surface area contributed by atoms with Gasteiger partial charge in [-0.05, 0) is 12.1 Å². The second-order valence-corrected chi connectivity index (χ2v) is 3.21. The molecule has 0 spiro atoms. The molecule has 0 saturated heterocycles. The standard InChI is InChI=1S/C12H11N3O4/c1-18-11(16)8-5-3-4-6-9(8)14-15-10(7-13)12(17)19-2/h3-6,14H,1-2H3/b15-10-. The largest absolute Gasteiger partial charge is 0.465 e. The van der Waals surface area contributed by atoms with Crippen LogP contribution < -0.4 is 5.43 Å². The number of esters is 2. The van der Waals surface area contributed by atoms with E-state index in [0.717, 1.165) is 7.11 Å². The number of para-hydroxylation sites is 1. The van der Waals surface area contributed by atoms with Crippen LogP contribution >= 0.6 is 0 Å². The third kappa shape index (κ3) is 3.54. The van der Waals surface area contributed by atoms with E-state index >= 15 is 0 Å².